The molecule has 0 bridgehead atoms. The summed E-state index contributed by atoms with van der Waals surface area (Å²) in [5, 5.41) is 9.44. The summed E-state index contributed by atoms with van der Waals surface area (Å²) in [5.41, 5.74) is 2.70. The molecule has 3 N–H and O–H groups in total. The normalized spacial score (nSPS) is 14.8. The average molecular weight is 263 g/mol. The molecule has 5 nitrogen and oxygen atoms in total. The van der Waals surface area contributed by atoms with Gasteiger partial charge in [-0.25, -0.2) is 0 Å². The molecule has 0 saturated heterocycles. The van der Waals surface area contributed by atoms with Crippen LogP contribution in [0.1, 0.15) is 24.2 Å². The van der Waals surface area contributed by atoms with E-state index in [1.54, 1.807) is 0 Å². The SMILES string of the molecule is CCOC(C)CNC(=O)c1ccc2c(c1)NCCN2. The van der Waals surface area contributed by atoms with E-state index >= 15 is 0 Å². The number of hydrogen-bond acceptors (Lipinski definition) is 4. The standard InChI is InChI=1S/C14H21N3O2/c1-3-19-10(2)9-17-14(18)11-4-5-12-13(8-11)16-7-6-15-12/h4-5,8,10,15-16H,3,6-7,9H2,1-2H3,(H,17,18). The lowest BCUT2D eigenvalue weighted by Crippen LogP contribution is -2.32. The molecule has 5 heteroatoms. The fraction of sp³-hybridized carbons (Fsp3) is 0.500. The number of amides is 1. The minimum Gasteiger partial charge on any atom is -0.382 e. The molecule has 19 heavy (non-hydrogen) atoms. The molecule has 0 aliphatic carbocycles. The van der Waals surface area contributed by atoms with Crippen LogP contribution in [0.3, 0.4) is 0 Å². The highest BCUT2D eigenvalue weighted by Gasteiger charge is 2.12. The number of benzene rings is 1. The van der Waals surface area contributed by atoms with Gasteiger partial charge >= 0.3 is 0 Å². The van der Waals surface area contributed by atoms with Crippen molar-refractivity contribution in [3.05, 3.63) is 23.8 Å². The van der Waals surface area contributed by atoms with Crippen molar-refractivity contribution in [2.24, 2.45) is 0 Å². The first-order chi connectivity index (χ1) is 9.20. The third-order valence-electron chi connectivity index (χ3n) is 3.04. The molecule has 0 radical (unpaired) electrons. The Balaban J connectivity index is 1.95. The zero-order chi connectivity index (χ0) is 13.7. The lowest BCUT2D eigenvalue weighted by molar-refractivity contribution is 0.0695. The first-order valence-electron chi connectivity index (χ1n) is 6.72. The van der Waals surface area contributed by atoms with E-state index in [1.165, 1.54) is 0 Å². The van der Waals surface area contributed by atoms with Crippen LogP contribution in [-0.4, -0.2) is 38.3 Å². The molecular formula is C14H21N3O2. The van der Waals surface area contributed by atoms with Crippen LogP contribution in [0.15, 0.2) is 18.2 Å². The van der Waals surface area contributed by atoms with Crippen molar-refractivity contribution in [1.29, 1.82) is 0 Å². The highest BCUT2D eigenvalue weighted by atomic mass is 16.5. The Labute approximate surface area is 113 Å². The second-order valence-electron chi connectivity index (χ2n) is 4.59. The number of fused-ring (bicyclic) bond motifs is 1. The van der Waals surface area contributed by atoms with Crippen LogP contribution in [0.2, 0.25) is 0 Å². The van der Waals surface area contributed by atoms with Crippen LogP contribution < -0.4 is 16.0 Å². The Morgan fingerprint density at radius 1 is 1.37 bits per heavy atom. The third kappa shape index (κ3) is 3.61. The van der Waals surface area contributed by atoms with Crippen molar-refractivity contribution in [1.82, 2.24) is 5.32 Å². The van der Waals surface area contributed by atoms with Gasteiger partial charge in [-0.05, 0) is 32.0 Å². The molecule has 0 fully saturated rings. The van der Waals surface area contributed by atoms with E-state index in [4.69, 9.17) is 4.74 Å². The van der Waals surface area contributed by atoms with Crippen molar-refractivity contribution >= 4 is 17.3 Å². The summed E-state index contributed by atoms with van der Waals surface area (Å²) in [6.07, 6.45) is 0.0337. The van der Waals surface area contributed by atoms with Crippen molar-refractivity contribution in [3.8, 4) is 0 Å². The fourth-order valence-corrected chi connectivity index (χ4v) is 2.06. The Morgan fingerprint density at radius 3 is 2.84 bits per heavy atom. The third-order valence-corrected chi connectivity index (χ3v) is 3.04. The molecule has 0 saturated carbocycles. The molecule has 1 aliphatic heterocycles. The summed E-state index contributed by atoms with van der Waals surface area (Å²) < 4.78 is 5.38. The molecule has 1 aliphatic rings. The van der Waals surface area contributed by atoms with E-state index in [1.807, 2.05) is 32.0 Å². The van der Waals surface area contributed by atoms with E-state index in [0.717, 1.165) is 24.5 Å². The van der Waals surface area contributed by atoms with Crippen LogP contribution in [-0.2, 0) is 4.74 Å². The van der Waals surface area contributed by atoms with Gasteiger partial charge in [0.15, 0.2) is 0 Å². The summed E-state index contributed by atoms with van der Waals surface area (Å²) in [5.74, 6) is -0.0678. The summed E-state index contributed by atoms with van der Waals surface area (Å²) in [4.78, 5) is 12.0. The Hall–Kier alpha value is -1.75. The Morgan fingerprint density at radius 2 is 2.11 bits per heavy atom. The maximum Gasteiger partial charge on any atom is 0.251 e. The Kier molecular flexibility index (Phi) is 4.63. The molecule has 1 aromatic rings. The number of rotatable bonds is 5. The molecule has 1 unspecified atom stereocenters. The van der Waals surface area contributed by atoms with Gasteiger partial charge in [0.25, 0.3) is 5.91 Å². The van der Waals surface area contributed by atoms with Gasteiger partial charge in [-0.2, -0.15) is 0 Å². The number of carbonyl (C=O) groups is 1. The molecule has 2 rings (SSSR count). The van der Waals surface area contributed by atoms with Crippen molar-refractivity contribution in [2.75, 3.05) is 36.9 Å². The predicted octanol–water partition coefficient (Wildman–Crippen LogP) is 1.68. The highest BCUT2D eigenvalue weighted by molar-refractivity contribution is 5.96. The van der Waals surface area contributed by atoms with Crippen LogP contribution >= 0.6 is 0 Å². The van der Waals surface area contributed by atoms with E-state index in [9.17, 15) is 4.79 Å². The molecule has 1 amide bonds. The van der Waals surface area contributed by atoms with E-state index in [-0.39, 0.29) is 12.0 Å². The van der Waals surface area contributed by atoms with Gasteiger partial charge in [-0.15, -0.1) is 0 Å². The Bertz CT molecular complexity index is 448. The van der Waals surface area contributed by atoms with Crippen LogP contribution in [0.4, 0.5) is 11.4 Å². The quantitative estimate of drug-likeness (QED) is 0.756. The van der Waals surface area contributed by atoms with Crippen LogP contribution in [0, 0.1) is 0 Å². The smallest absolute Gasteiger partial charge is 0.251 e. The molecule has 0 aromatic heterocycles. The molecule has 0 spiro atoms. The summed E-state index contributed by atoms with van der Waals surface area (Å²) >= 11 is 0. The number of anilines is 2. The number of ether oxygens (including phenoxy) is 1. The second kappa shape index (κ2) is 6.43. The maximum atomic E-state index is 12.0. The van der Waals surface area contributed by atoms with Gasteiger partial charge in [0.1, 0.15) is 0 Å². The second-order valence-corrected chi connectivity index (χ2v) is 4.59. The van der Waals surface area contributed by atoms with Crippen molar-refractivity contribution in [3.63, 3.8) is 0 Å². The van der Waals surface area contributed by atoms with Gasteiger partial charge in [-0.1, -0.05) is 0 Å². The maximum absolute atomic E-state index is 12.0. The van der Waals surface area contributed by atoms with Crippen molar-refractivity contribution in [2.45, 2.75) is 20.0 Å². The van der Waals surface area contributed by atoms with Crippen LogP contribution in [0.25, 0.3) is 0 Å². The topological polar surface area (TPSA) is 62.4 Å². The molecular weight excluding hydrogens is 242 g/mol. The van der Waals surface area contributed by atoms with E-state index in [2.05, 4.69) is 16.0 Å². The summed E-state index contributed by atoms with van der Waals surface area (Å²) in [6.45, 7) is 6.85. The largest absolute Gasteiger partial charge is 0.382 e. The van der Waals surface area contributed by atoms with Gasteiger partial charge < -0.3 is 20.7 Å². The first kappa shape index (κ1) is 13.7. The summed E-state index contributed by atoms with van der Waals surface area (Å²) in [7, 11) is 0. The van der Waals surface area contributed by atoms with Crippen LogP contribution in [0.5, 0.6) is 0 Å². The number of nitrogens with one attached hydrogen (secondary N) is 3. The fourth-order valence-electron chi connectivity index (χ4n) is 2.06. The van der Waals surface area contributed by atoms with E-state index < -0.39 is 0 Å². The average Bonchev–Trinajstić information content (AvgIpc) is 2.44. The highest BCUT2D eigenvalue weighted by Crippen LogP contribution is 2.25. The lowest BCUT2D eigenvalue weighted by atomic mass is 10.1. The van der Waals surface area contributed by atoms with E-state index in [0.29, 0.717) is 18.7 Å². The molecule has 1 heterocycles. The minimum absolute atomic E-state index is 0.0337. The molecule has 1 aromatic carbocycles. The monoisotopic (exact) mass is 263 g/mol. The van der Waals surface area contributed by atoms with Gasteiger partial charge in [0.05, 0.1) is 17.5 Å². The zero-order valence-electron chi connectivity index (χ0n) is 11.5. The molecule has 1 atom stereocenters. The van der Waals surface area contributed by atoms with Gasteiger partial charge in [-0.3, -0.25) is 4.79 Å². The minimum atomic E-state index is -0.0678. The zero-order valence-corrected chi connectivity index (χ0v) is 11.5. The summed E-state index contributed by atoms with van der Waals surface area (Å²) in [6, 6.07) is 5.64. The predicted molar refractivity (Wildman–Crippen MR) is 76.8 cm³/mol. The molecule has 104 valence electrons. The van der Waals surface area contributed by atoms with Gasteiger partial charge in [0, 0.05) is 31.8 Å². The van der Waals surface area contributed by atoms with Gasteiger partial charge in [0.2, 0.25) is 0 Å². The van der Waals surface area contributed by atoms with Crippen molar-refractivity contribution < 1.29 is 9.53 Å². The first-order valence-corrected chi connectivity index (χ1v) is 6.72. The number of hydrogen-bond donors (Lipinski definition) is 3. The number of carbonyl (C=O) groups excluding carboxylic acids is 1. The lowest BCUT2D eigenvalue weighted by Gasteiger charge is -2.20.